The molecule has 27 heavy (non-hydrogen) atoms. The van der Waals surface area contributed by atoms with Crippen LogP contribution >= 0.6 is 24.0 Å². The average Bonchev–Trinajstić information content (AvgIpc) is 2.62. The van der Waals surface area contributed by atoms with Crippen LogP contribution in [-0.4, -0.2) is 67.5 Å². The Labute approximate surface area is 180 Å². The highest BCUT2D eigenvalue weighted by atomic mass is 127. The standard InChI is InChI=1S/C20H32N4O2.HI/c1-5-21-20(24-13-11-23(12-14-24)18(4)25)22-10-7-15-26-19-16(2)8-6-9-17(19)3;/h6,8-9H,5,7,10-15H2,1-4H3,(H,21,22);1H. The van der Waals surface area contributed by atoms with Crippen molar-refractivity contribution in [1.82, 2.24) is 15.1 Å². The molecular formula is C20H33IN4O2. The van der Waals surface area contributed by atoms with Crippen molar-refractivity contribution < 1.29 is 9.53 Å². The summed E-state index contributed by atoms with van der Waals surface area (Å²) in [6.07, 6.45) is 0.871. The first-order valence-corrected chi connectivity index (χ1v) is 9.50. The molecule has 1 aliphatic heterocycles. The van der Waals surface area contributed by atoms with Gasteiger partial charge in [-0.05, 0) is 31.9 Å². The zero-order valence-corrected chi connectivity index (χ0v) is 19.3. The summed E-state index contributed by atoms with van der Waals surface area (Å²) in [5, 5.41) is 3.35. The molecule has 1 aromatic rings. The maximum Gasteiger partial charge on any atom is 0.219 e. The number of hydrogen-bond donors (Lipinski definition) is 1. The van der Waals surface area contributed by atoms with E-state index in [4.69, 9.17) is 9.73 Å². The molecule has 1 fully saturated rings. The Morgan fingerprint density at radius 2 is 1.74 bits per heavy atom. The van der Waals surface area contributed by atoms with Crippen LogP contribution in [-0.2, 0) is 4.79 Å². The van der Waals surface area contributed by atoms with Gasteiger partial charge in [-0.25, -0.2) is 0 Å². The van der Waals surface area contributed by atoms with E-state index in [0.717, 1.165) is 57.4 Å². The van der Waals surface area contributed by atoms with Crippen molar-refractivity contribution >= 4 is 35.8 Å². The van der Waals surface area contributed by atoms with Crippen molar-refractivity contribution in [2.45, 2.75) is 34.1 Å². The average molecular weight is 488 g/mol. The highest BCUT2D eigenvalue weighted by molar-refractivity contribution is 14.0. The lowest BCUT2D eigenvalue weighted by Gasteiger charge is -2.36. The molecule has 1 aliphatic rings. The predicted octanol–water partition coefficient (Wildman–Crippen LogP) is 2.82. The van der Waals surface area contributed by atoms with Gasteiger partial charge in [0.05, 0.1) is 6.61 Å². The van der Waals surface area contributed by atoms with Gasteiger partial charge in [0.15, 0.2) is 5.96 Å². The molecule has 1 N–H and O–H groups in total. The SMILES string of the molecule is CCNC(=NCCCOc1c(C)cccc1C)N1CCN(C(C)=O)CC1.I. The van der Waals surface area contributed by atoms with Crippen LogP contribution in [0.15, 0.2) is 23.2 Å². The predicted molar refractivity (Wildman–Crippen MR) is 121 cm³/mol. The molecule has 6 nitrogen and oxygen atoms in total. The van der Waals surface area contributed by atoms with Crippen LogP contribution in [0.25, 0.3) is 0 Å². The van der Waals surface area contributed by atoms with Crippen LogP contribution < -0.4 is 10.1 Å². The van der Waals surface area contributed by atoms with E-state index < -0.39 is 0 Å². The third kappa shape index (κ3) is 7.20. The molecule has 0 saturated carbocycles. The molecule has 0 aliphatic carbocycles. The number of nitrogens with one attached hydrogen (secondary N) is 1. The Kier molecular flexibility index (Phi) is 10.5. The summed E-state index contributed by atoms with van der Waals surface area (Å²) in [7, 11) is 0. The maximum absolute atomic E-state index is 11.5. The number of carbonyl (C=O) groups excluding carboxylic acids is 1. The zero-order valence-electron chi connectivity index (χ0n) is 17.0. The first-order valence-electron chi connectivity index (χ1n) is 9.50. The largest absolute Gasteiger partial charge is 0.493 e. The first kappa shape index (κ1) is 23.5. The van der Waals surface area contributed by atoms with E-state index in [2.05, 4.69) is 49.2 Å². The lowest BCUT2D eigenvalue weighted by atomic mass is 10.1. The molecule has 0 aromatic heterocycles. The molecule has 7 heteroatoms. The first-order chi connectivity index (χ1) is 12.5. The molecule has 0 radical (unpaired) electrons. The zero-order chi connectivity index (χ0) is 18.9. The Bertz CT molecular complexity index is 608. The van der Waals surface area contributed by atoms with E-state index in [9.17, 15) is 4.79 Å². The Balaban J connectivity index is 0.00000364. The van der Waals surface area contributed by atoms with Crippen molar-refractivity contribution in [3.63, 3.8) is 0 Å². The van der Waals surface area contributed by atoms with Crippen molar-refractivity contribution in [3.05, 3.63) is 29.3 Å². The quantitative estimate of drug-likeness (QED) is 0.290. The van der Waals surface area contributed by atoms with Gasteiger partial charge in [0.1, 0.15) is 5.75 Å². The van der Waals surface area contributed by atoms with Gasteiger partial charge in [-0.15, -0.1) is 24.0 Å². The molecule has 1 aromatic carbocycles. The molecule has 0 spiro atoms. The van der Waals surface area contributed by atoms with Gasteiger partial charge >= 0.3 is 0 Å². The van der Waals surface area contributed by atoms with Gasteiger partial charge in [-0.3, -0.25) is 9.79 Å². The van der Waals surface area contributed by atoms with Crippen LogP contribution in [0.2, 0.25) is 0 Å². The number of para-hydroxylation sites is 1. The maximum atomic E-state index is 11.5. The van der Waals surface area contributed by atoms with E-state index in [1.807, 2.05) is 4.90 Å². The molecular weight excluding hydrogens is 455 g/mol. The van der Waals surface area contributed by atoms with Crippen LogP contribution in [0, 0.1) is 13.8 Å². The summed E-state index contributed by atoms with van der Waals surface area (Å²) in [5.74, 6) is 2.07. The van der Waals surface area contributed by atoms with Crippen molar-refractivity contribution in [1.29, 1.82) is 0 Å². The van der Waals surface area contributed by atoms with Crippen molar-refractivity contribution in [3.8, 4) is 5.75 Å². The van der Waals surface area contributed by atoms with Gasteiger partial charge in [0.25, 0.3) is 0 Å². The topological polar surface area (TPSA) is 57.2 Å². The van der Waals surface area contributed by atoms with Crippen LogP contribution in [0.4, 0.5) is 0 Å². The number of ether oxygens (including phenoxy) is 1. The highest BCUT2D eigenvalue weighted by Gasteiger charge is 2.20. The molecule has 1 heterocycles. The van der Waals surface area contributed by atoms with Crippen molar-refractivity contribution in [2.24, 2.45) is 4.99 Å². The highest BCUT2D eigenvalue weighted by Crippen LogP contribution is 2.22. The summed E-state index contributed by atoms with van der Waals surface area (Å²) >= 11 is 0. The molecule has 0 bridgehead atoms. The molecule has 0 unspecified atom stereocenters. The van der Waals surface area contributed by atoms with Gasteiger partial charge in [0, 0.05) is 52.6 Å². The number of halogens is 1. The Morgan fingerprint density at radius 1 is 1.15 bits per heavy atom. The number of guanidine groups is 1. The van der Waals surface area contributed by atoms with E-state index in [1.54, 1.807) is 6.92 Å². The number of aryl methyl sites for hydroxylation is 2. The smallest absolute Gasteiger partial charge is 0.219 e. The second kappa shape index (κ2) is 12.0. The number of carbonyl (C=O) groups is 1. The Hall–Kier alpha value is -1.51. The third-order valence-electron chi connectivity index (χ3n) is 4.58. The minimum atomic E-state index is 0. The molecule has 0 atom stereocenters. The third-order valence-corrected chi connectivity index (χ3v) is 4.58. The lowest BCUT2D eigenvalue weighted by molar-refractivity contribution is -0.130. The summed E-state index contributed by atoms with van der Waals surface area (Å²) in [4.78, 5) is 20.3. The molecule has 152 valence electrons. The summed E-state index contributed by atoms with van der Waals surface area (Å²) in [5.41, 5.74) is 2.34. The second-order valence-corrected chi connectivity index (χ2v) is 6.65. The second-order valence-electron chi connectivity index (χ2n) is 6.65. The number of nitrogens with zero attached hydrogens (tertiary/aromatic N) is 3. The van der Waals surface area contributed by atoms with Crippen LogP contribution in [0.5, 0.6) is 5.75 Å². The van der Waals surface area contributed by atoms with Crippen LogP contribution in [0.3, 0.4) is 0 Å². The number of benzene rings is 1. The van der Waals surface area contributed by atoms with Gasteiger partial charge in [-0.1, -0.05) is 18.2 Å². The summed E-state index contributed by atoms with van der Waals surface area (Å²) in [6.45, 7) is 13.2. The van der Waals surface area contributed by atoms with Gasteiger partial charge in [0.2, 0.25) is 5.91 Å². The minimum absolute atomic E-state index is 0. The number of hydrogen-bond acceptors (Lipinski definition) is 3. The van der Waals surface area contributed by atoms with Gasteiger partial charge in [-0.2, -0.15) is 0 Å². The number of amides is 1. The molecule has 1 amide bonds. The number of aliphatic imine (C=N–C) groups is 1. The van der Waals surface area contributed by atoms with E-state index in [0.29, 0.717) is 6.61 Å². The van der Waals surface area contributed by atoms with Gasteiger partial charge < -0.3 is 19.9 Å². The van der Waals surface area contributed by atoms with Crippen molar-refractivity contribution in [2.75, 3.05) is 45.9 Å². The summed E-state index contributed by atoms with van der Waals surface area (Å²) in [6, 6.07) is 6.20. The van der Waals surface area contributed by atoms with E-state index in [-0.39, 0.29) is 29.9 Å². The normalized spacial score (nSPS) is 14.6. The number of piperazine rings is 1. The fraction of sp³-hybridized carbons (Fsp3) is 0.600. The fourth-order valence-electron chi connectivity index (χ4n) is 3.11. The van der Waals surface area contributed by atoms with E-state index in [1.165, 1.54) is 11.1 Å². The number of rotatable bonds is 6. The monoisotopic (exact) mass is 488 g/mol. The Morgan fingerprint density at radius 3 is 2.30 bits per heavy atom. The fourth-order valence-corrected chi connectivity index (χ4v) is 3.11. The summed E-state index contributed by atoms with van der Waals surface area (Å²) < 4.78 is 5.95. The van der Waals surface area contributed by atoms with E-state index >= 15 is 0 Å². The van der Waals surface area contributed by atoms with Crippen LogP contribution in [0.1, 0.15) is 31.4 Å². The molecule has 2 rings (SSSR count). The molecule has 1 saturated heterocycles. The minimum Gasteiger partial charge on any atom is -0.493 e. The lowest BCUT2D eigenvalue weighted by Crippen LogP contribution is -2.53.